The highest BCUT2D eigenvalue weighted by Gasteiger charge is 2.24. The van der Waals surface area contributed by atoms with Crippen LogP contribution in [0, 0.1) is 11.8 Å². The van der Waals surface area contributed by atoms with Crippen LogP contribution in [-0.2, 0) is 17.6 Å². The third-order valence-electron chi connectivity index (χ3n) is 6.06. The average molecular weight is 476 g/mol. The van der Waals surface area contributed by atoms with E-state index in [1.54, 1.807) is 0 Å². The first-order chi connectivity index (χ1) is 16.4. The fraction of sp³-hybridized carbons (Fsp3) is 0.367. The predicted octanol–water partition coefficient (Wildman–Crippen LogP) is 6.70. The number of benzene rings is 3. The summed E-state index contributed by atoms with van der Waals surface area (Å²) in [7, 11) is -1.22. The van der Waals surface area contributed by atoms with Crippen LogP contribution in [0.15, 0.2) is 84.9 Å². The number of aryl methyl sites for hydroxylation is 1. The Balaban J connectivity index is 1.66. The summed E-state index contributed by atoms with van der Waals surface area (Å²) in [4.78, 5) is 24.1. The van der Waals surface area contributed by atoms with Crippen LogP contribution < -0.4 is 5.32 Å². The van der Waals surface area contributed by atoms with Crippen molar-refractivity contribution in [3.63, 3.8) is 0 Å². The highest BCUT2D eigenvalue weighted by molar-refractivity contribution is 7.51. The molecule has 0 saturated carbocycles. The SMILES string of the molecule is CC(C)CC(C)NC(=O)C(Cc1ccc(-c2ccccc2)cc1)CP(O)CCc1ccccc1. The van der Waals surface area contributed by atoms with Crippen molar-refractivity contribution in [1.29, 1.82) is 0 Å². The molecule has 3 unspecified atom stereocenters. The van der Waals surface area contributed by atoms with E-state index >= 15 is 0 Å². The number of hydrogen-bond acceptors (Lipinski definition) is 2. The van der Waals surface area contributed by atoms with Crippen LogP contribution in [0.25, 0.3) is 11.1 Å². The lowest BCUT2D eigenvalue weighted by Gasteiger charge is -2.23. The molecule has 3 rings (SSSR count). The van der Waals surface area contributed by atoms with E-state index in [0.717, 1.165) is 24.6 Å². The highest BCUT2D eigenvalue weighted by Crippen LogP contribution is 2.35. The van der Waals surface area contributed by atoms with Crippen molar-refractivity contribution in [3.05, 3.63) is 96.1 Å². The van der Waals surface area contributed by atoms with E-state index in [4.69, 9.17) is 0 Å². The topological polar surface area (TPSA) is 49.3 Å². The monoisotopic (exact) mass is 475 g/mol. The number of amides is 1. The summed E-state index contributed by atoms with van der Waals surface area (Å²) < 4.78 is 0. The maximum absolute atomic E-state index is 13.2. The van der Waals surface area contributed by atoms with Gasteiger partial charge >= 0.3 is 0 Å². The van der Waals surface area contributed by atoms with Gasteiger partial charge in [0, 0.05) is 26.3 Å². The van der Waals surface area contributed by atoms with E-state index in [1.807, 2.05) is 36.4 Å². The zero-order valence-corrected chi connectivity index (χ0v) is 21.5. The van der Waals surface area contributed by atoms with E-state index in [-0.39, 0.29) is 17.9 Å². The minimum Gasteiger partial charge on any atom is -0.374 e. The molecule has 4 heteroatoms. The Labute approximate surface area is 206 Å². The summed E-state index contributed by atoms with van der Waals surface area (Å²) in [5, 5.41) is 3.21. The molecule has 0 saturated heterocycles. The third-order valence-corrected chi connectivity index (χ3v) is 7.66. The molecule has 2 N–H and O–H groups in total. The molecule has 0 spiro atoms. The molecule has 0 radical (unpaired) electrons. The lowest BCUT2D eigenvalue weighted by molar-refractivity contribution is -0.125. The smallest absolute Gasteiger partial charge is 0.224 e. The van der Waals surface area contributed by atoms with Crippen LogP contribution >= 0.6 is 8.15 Å². The molecule has 0 aliphatic rings. The second-order valence-electron chi connectivity index (χ2n) is 9.65. The largest absolute Gasteiger partial charge is 0.374 e. The minimum atomic E-state index is -1.22. The number of hydrogen-bond donors (Lipinski definition) is 2. The summed E-state index contributed by atoms with van der Waals surface area (Å²) in [6.07, 6.45) is 3.68. The predicted molar refractivity (Wildman–Crippen MR) is 145 cm³/mol. The zero-order valence-electron chi connectivity index (χ0n) is 20.7. The Morgan fingerprint density at radius 2 is 1.41 bits per heavy atom. The van der Waals surface area contributed by atoms with Gasteiger partial charge < -0.3 is 10.2 Å². The summed E-state index contributed by atoms with van der Waals surface area (Å²) in [5.74, 6) is 0.353. The maximum atomic E-state index is 13.2. The molecular weight excluding hydrogens is 437 g/mol. The maximum Gasteiger partial charge on any atom is 0.224 e. The second kappa shape index (κ2) is 13.4. The van der Waals surface area contributed by atoms with E-state index in [9.17, 15) is 9.69 Å². The van der Waals surface area contributed by atoms with Crippen LogP contribution in [0.5, 0.6) is 0 Å². The van der Waals surface area contributed by atoms with Crippen LogP contribution in [-0.4, -0.2) is 29.2 Å². The molecule has 0 aliphatic carbocycles. The van der Waals surface area contributed by atoms with Crippen LogP contribution in [0.1, 0.15) is 38.3 Å². The summed E-state index contributed by atoms with van der Waals surface area (Å²) in [6, 6.07) is 29.2. The van der Waals surface area contributed by atoms with Gasteiger partial charge in [-0.25, -0.2) is 0 Å². The molecule has 34 heavy (non-hydrogen) atoms. The number of nitrogens with one attached hydrogen (secondary N) is 1. The molecule has 3 nitrogen and oxygen atoms in total. The van der Waals surface area contributed by atoms with Gasteiger partial charge in [-0.15, -0.1) is 0 Å². The standard InChI is InChI=1S/C30H38NO2P/c1-23(2)20-24(3)31-30(32)29(22-34(33)19-18-25-10-6-4-7-11-25)21-26-14-16-28(17-15-26)27-12-8-5-9-13-27/h4-17,23-24,29,33H,18-22H2,1-3H3,(H,31,32). The van der Waals surface area contributed by atoms with Crippen molar-refractivity contribution in [1.82, 2.24) is 5.32 Å². The normalized spacial score (nSPS) is 13.9. The van der Waals surface area contributed by atoms with Crippen molar-refractivity contribution in [2.24, 2.45) is 11.8 Å². The van der Waals surface area contributed by atoms with Crippen LogP contribution in [0.4, 0.5) is 0 Å². The first-order valence-corrected chi connectivity index (χ1v) is 14.0. The van der Waals surface area contributed by atoms with Gasteiger partial charge in [-0.3, -0.25) is 4.79 Å². The number of carbonyl (C=O) groups excluding carboxylic acids is 1. The Hall–Kier alpha value is -2.48. The van der Waals surface area contributed by atoms with Gasteiger partial charge in [0.2, 0.25) is 5.91 Å². The van der Waals surface area contributed by atoms with Gasteiger partial charge in [0.15, 0.2) is 0 Å². The van der Waals surface area contributed by atoms with Gasteiger partial charge in [-0.05, 0) is 60.5 Å². The lowest BCUT2D eigenvalue weighted by Crippen LogP contribution is -2.39. The van der Waals surface area contributed by atoms with Crippen molar-refractivity contribution < 1.29 is 9.69 Å². The van der Waals surface area contributed by atoms with E-state index in [0.29, 0.717) is 18.5 Å². The molecule has 3 aromatic carbocycles. The summed E-state index contributed by atoms with van der Waals surface area (Å²) in [6.45, 7) is 6.41. The third kappa shape index (κ3) is 8.70. The quantitative estimate of drug-likeness (QED) is 0.287. The van der Waals surface area contributed by atoms with Gasteiger partial charge in [0.1, 0.15) is 0 Å². The van der Waals surface area contributed by atoms with E-state index in [2.05, 4.69) is 74.6 Å². The fourth-order valence-electron chi connectivity index (χ4n) is 4.36. The molecule has 0 fully saturated rings. The van der Waals surface area contributed by atoms with Crippen LogP contribution in [0.3, 0.4) is 0 Å². The average Bonchev–Trinajstić information content (AvgIpc) is 2.83. The zero-order chi connectivity index (χ0) is 24.3. The van der Waals surface area contributed by atoms with Gasteiger partial charge in [0.05, 0.1) is 0 Å². The van der Waals surface area contributed by atoms with E-state index < -0.39 is 8.15 Å². The molecule has 0 aliphatic heterocycles. The first-order valence-electron chi connectivity index (χ1n) is 12.3. The van der Waals surface area contributed by atoms with Gasteiger partial charge in [0.25, 0.3) is 0 Å². The van der Waals surface area contributed by atoms with E-state index in [1.165, 1.54) is 16.7 Å². The van der Waals surface area contributed by atoms with Crippen LogP contribution in [0.2, 0.25) is 0 Å². The molecule has 3 aromatic rings. The second-order valence-corrected chi connectivity index (χ2v) is 11.5. The fourth-order valence-corrected chi connectivity index (χ4v) is 5.87. The molecule has 180 valence electrons. The molecule has 0 bridgehead atoms. The molecule has 0 aromatic heterocycles. The van der Waals surface area contributed by atoms with Crippen molar-refractivity contribution in [2.45, 2.75) is 46.1 Å². The first kappa shape index (κ1) is 26.1. The highest BCUT2D eigenvalue weighted by atomic mass is 31.1. The Morgan fingerprint density at radius 1 is 0.824 bits per heavy atom. The Morgan fingerprint density at radius 3 is 2.03 bits per heavy atom. The number of carbonyl (C=O) groups is 1. The van der Waals surface area contributed by atoms with Crippen molar-refractivity contribution >= 4 is 14.1 Å². The lowest BCUT2D eigenvalue weighted by atomic mass is 9.96. The molecule has 0 heterocycles. The minimum absolute atomic E-state index is 0.0570. The Bertz CT molecular complexity index is 989. The molecule has 1 amide bonds. The Kier molecular flexibility index (Phi) is 10.3. The summed E-state index contributed by atoms with van der Waals surface area (Å²) >= 11 is 0. The van der Waals surface area contributed by atoms with Gasteiger partial charge in [-0.1, -0.05) is 98.8 Å². The molecular formula is C30H38NO2P. The number of rotatable bonds is 12. The van der Waals surface area contributed by atoms with Gasteiger partial charge in [-0.2, -0.15) is 0 Å². The van der Waals surface area contributed by atoms with Crippen molar-refractivity contribution in [2.75, 3.05) is 12.3 Å². The molecule has 3 atom stereocenters. The van der Waals surface area contributed by atoms with Crippen molar-refractivity contribution in [3.8, 4) is 11.1 Å². The summed E-state index contributed by atoms with van der Waals surface area (Å²) in [5.41, 5.74) is 4.71.